The number of ether oxygens (including phenoxy) is 2. The molecule has 12 heavy (non-hydrogen) atoms. The molecule has 1 N–H and O–H groups in total. The zero-order chi connectivity index (χ0) is 9.40. The highest BCUT2D eigenvalue weighted by Crippen LogP contribution is 2.03. The molecule has 0 aromatic carbocycles. The summed E-state index contributed by atoms with van der Waals surface area (Å²) in [7, 11) is 4.83. The van der Waals surface area contributed by atoms with Crippen LogP contribution in [0.2, 0.25) is 0 Å². The maximum atomic E-state index is 11.1. The van der Waals surface area contributed by atoms with E-state index in [1.165, 1.54) is 7.11 Å². The van der Waals surface area contributed by atoms with Crippen LogP contribution in [0.4, 0.5) is 0 Å². The molecule has 0 fully saturated rings. The van der Waals surface area contributed by atoms with Gasteiger partial charge in [-0.05, 0) is 13.5 Å². The predicted octanol–water partition coefficient (Wildman–Crippen LogP) is 0.0315. The molecule has 4 nitrogen and oxygen atoms in total. The summed E-state index contributed by atoms with van der Waals surface area (Å²) < 4.78 is 9.51. The third-order valence-corrected chi connectivity index (χ3v) is 1.66. The zero-order valence-electron chi connectivity index (χ0n) is 7.92. The van der Waals surface area contributed by atoms with Gasteiger partial charge in [-0.25, -0.2) is 0 Å². The smallest absolute Gasteiger partial charge is 0.310 e. The lowest BCUT2D eigenvalue weighted by atomic mass is 10.1. The number of carbonyl (C=O) groups excluding carboxylic acids is 1. The van der Waals surface area contributed by atoms with Crippen LogP contribution in [0.3, 0.4) is 0 Å². The molecule has 0 rings (SSSR count). The van der Waals surface area contributed by atoms with E-state index in [4.69, 9.17) is 4.74 Å². The van der Waals surface area contributed by atoms with Crippen molar-refractivity contribution in [2.75, 3.05) is 34.4 Å². The average Bonchev–Trinajstić information content (AvgIpc) is 2.11. The molecule has 0 heterocycles. The van der Waals surface area contributed by atoms with Gasteiger partial charge in [-0.15, -0.1) is 0 Å². The van der Waals surface area contributed by atoms with Crippen LogP contribution >= 0.6 is 0 Å². The van der Waals surface area contributed by atoms with Crippen molar-refractivity contribution < 1.29 is 14.3 Å². The second kappa shape index (κ2) is 7.06. The first kappa shape index (κ1) is 11.4. The largest absolute Gasteiger partial charge is 0.469 e. The van der Waals surface area contributed by atoms with Crippen molar-refractivity contribution in [3.8, 4) is 0 Å². The lowest BCUT2D eigenvalue weighted by Crippen LogP contribution is -2.28. The predicted molar refractivity (Wildman–Crippen MR) is 45.9 cm³/mol. The molecule has 0 bridgehead atoms. The molecule has 1 unspecified atom stereocenters. The molecule has 1 atom stereocenters. The van der Waals surface area contributed by atoms with Crippen molar-refractivity contribution in [3.05, 3.63) is 0 Å². The van der Waals surface area contributed by atoms with E-state index >= 15 is 0 Å². The molecule has 4 heteroatoms. The van der Waals surface area contributed by atoms with Crippen LogP contribution in [0.15, 0.2) is 0 Å². The van der Waals surface area contributed by atoms with E-state index in [9.17, 15) is 4.79 Å². The van der Waals surface area contributed by atoms with E-state index in [0.29, 0.717) is 19.6 Å². The summed E-state index contributed by atoms with van der Waals surface area (Å²) in [4.78, 5) is 11.1. The number of esters is 1. The molecule has 0 aromatic heterocycles. The Balaban J connectivity index is 3.76. The van der Waals surface area contributed by atoms with Crippen LogP contribution in [0.5, 0.6) is 0 Å². The monoisotopic (exact) mass is 175 g/mol. The van der Waals surface area contributed by atoms with E-state index in [2.05, 4.69) is 10.1 Å². The lowest BCUT2D eigenvalue weighted by Gasteiger charge is -2.12. The van der Waals surface area contributed by atoms with Gasteiger partial charge in [0.15, 0.2) is 0 Å². The second-order valence-corrected chi connectivity index (χ2v) is 2.56. The molecule has 0 aliphatic heterocycles. The summed E-state index contributed by atoms with van der Waals surface area (Å²) in [6.07, 6.45) is 0.698. The van der Waals surface area contributed by atoms with Crippen molar-refractivity contribution in [1.29, 1.82) is 0 Å². The number of nitrogens with one attached hydrogen (secondary N) is 1. The summed E-state index contributed by atoms with van der Waals surface area (Å²) >= 11 is 0. The molecule has 72 valence electrons. The lowest BCUT2D eigenvalue weighted by molar-refractivity contribution is -0.145. The molecule has 0 amide bonds. The Hall–Kier alpha value is -0.610. The van der Waals surface area contributed by atoms with Crippen molar-refractivity contribution in [2.45, 2.75) is 6.42 Å². The van der Waals surface area contributed by atoms with Crippen LogP contribution in [0.25, 0.3) is 0 Å². The highest BCUT2D eigenvalue weighted by Gasteiger charge is 2.17. The van der Waals surface area contributed by atoms with Gasteiger partial charge in [0, 0.05) is 20.3 Å². The Morgan fingerprint density at radius 1 is 1.50 bits per heavy atom. The van der Waals surface area contributed by atoms with Crippen molar-refractivity contribution in [3.63, 3.8) is 0 Å². The molecule has 0 radical (unpaired) electrons. The van der Waals surface area contributed by atoms with Gasteiger partial charge in [-0.2, -0.15) is 0 Å². The fourth-order valence-electron chi connectivity index (χ4n) is 0.976. The van der Waals surface area contributed by atoms with Gasteiger partial charge in [0.2, 0.25) is 0 Å². The Kier molecular flexibility index (Phi) is 6.70. The van der Waals surface area contributed by atoms with E-state index in [1.807, 2.05) is 7.05 Å². The molecule has 0 saturated heterocycles. The first-order valence-electron chi connectivity index (χ1n) is 3.97. The van der Waals surface area contributed by atoms with Crippen LogP contribution < -0.4 is 5.32 Å². The summed E-state index contributed by atoms with van der Waals surface area (Å²) in [5, 5.41) is 2.94. The number of carbonyl (C=O) groups is 1. The molecule has 0 spiro atoms. The minimum Gasteiger partial charge on any atom is -0.469 e. The number of methoxy groups -OCH3 is 2. The molecule has 0 aliphatic rings. The van der Waals surface area contributed by atoms with Gasteiger partial charge in [-0.3, -0.25) is 4.79 Å². The average molecular weight is 175 g/mol. The maximum absolute atomic E-state index is 11.1. The Morgan fingerprint density at radius 3 is 2.58 bits per heavy atom. The van der Waals surface area contributed by atoms with Crippen LogP contribution in [0, 0.1) is 5.92 Å². The van der Waals surface area contributed by atoms with Gasteiger partial charge in [-0.1, -0.05) is 0 Å². The molecule has 0 aromatic rings. The number of hydrogen-bond acceptors (Lipinski definition) is 4. The SMILES string of the molecule is CNCC(CCOC)C(=O)OC. The quantitative estimate of drug-likeness (QED) is 0.579. The van der Waals surface area contributed by atoms with Gasteiger partial charge < -0.3 is 14.8 Å². The zero-order valence-corrected chi connectivity index (χ0v) is 7.92. The van der Waals surface area contributed by atoms with Crippen molar-refractivity contribution in [1.82, 2.24) is 5.32 Å². The second-order valence-electron chi connectivity index (χ2n) is 2.56. The summed E-state index contributed by atoms with van der Waals surface area (Å²) in [6, 6.07) is 0. The molecular weight excluding hydrogens is 158 g/mol. The highest BCUT2D eigenvalue weighted by molar-refractivity contribution is 5.72. The number of rotatable bonds is 6. The maximum Gasteiger partial charge on any atom is 0.310 e. The van der Waals surface area contributed by atoms with E-state index in [1.54, 1.807) is 7.11 Å². The Morgan fingerprint density at radius 2 is 2.17 bits per heavy atom. The number of hydrogen-bond donors (Lipinski definition) is 1. The third kappa shape index (κ3) is 4.31. The Labute approximate surface area is 73.2 Å². The van der Waals surface area contributed by atoms with Crippen molar-refractivity contribution in [2.24, 2.45) is 5.92 Å². The molecular formula is C8H17NO3. The third-order valence-electron chi connectivity index (χ3n) is 1.66. The Bertz CT molecular complexity index is 127. The molecule has 0 saturated carbocycles. The minimum atomic E-state index is -0.179. The van der Waals surface area contributed by atoms with Crippen LogP contribution in [0.1, 0.15) is 6.42 Å². The van der Waals surface area contributed by atoms with E-state index in [-0.39, 0.29) is 11.9 Å². The van der Waals surface area contributed by atoms with Crippen LogP contribution in [-0.2, 0) is 14.3 Å². The van der Waals surface area contributed by atoms with E-state index in [0.717, 1.165) is 0 Å². The van der Waals surface area contributed by atoms with E-state index < -0.39 is 0 Å². The van der Waals surface area contributed by atoms with Crippen molar-refractivity contribution >= 4 is 5.97 Å². The van der Waals surface area contributed by atoms with Gasteiger partial charge >= 0.3 is 5.97 Å². The topological polar surface area (TPSA) is 47.6 Å². The summed E-state index contributed by atoms with van der Waals surface area (Å²) in [5.74, 6) is -0.277. The molecule has 0 aliphatic carbocycles. The fourth-order valence-corrected chi connectivity index (χ4v) is 0.976. The fraction of sp³-hybridized carbons (Fsp3) is 0.875. The summed E-state index contributed by atoms with van der Waals surface area (Å²) in [5.41, 5.74) is 0. The minimum absolute atomic E-state index is 0.0973. The highest BCUT2D eigenvalue weighted by atomic mass is 16.5. The van der Waals surface area contributed by atoms with Crippen LogP contribution in [-0.4, -0.2) is 40.4 Å². The first-order chi connectivity index (χ1) is 5.76. The standard InChI is InChI=1S/C8H17NO3/c1-9-6-7(4-5-11-2)8(10)12-3/h7,9H,4-6H2,1-3H3. The first-order valence-corrected chi connectivity index (χ1v) is 3.97. The normalized spacial score (nSPS) is 12.6. The van der Waals surface area contributed by atoms with Gasteiger partial charge in [0.1, 0.15) is 0 Å². The van der Waals surface area contributed by atoms with Gasteiger partial charge in [0.05, 0.1) is 13.0 Å². The summed E-state index contributed by atoms with van der Waals surface area (Å²) in [6.45, 7) is 1.22. The van der Waals surface area contributed by atoms with Gasteiger partial charge in [0.25, 0.3) is 0 Å².